The van der Waals surface area contributed by atoms with Crippen molar-refractivity contribution in [1.29, 1.82) is 0 Å². The van der Waals surface area contributed by atoms with Crippen LogP contribution >= 0.6 is 0 Å². The Morgan fingerprint density at radius 3 is 2.41 bits per heavy atom. The van der Waals surface area contributed by atoms with Crippen LogP contribution in [0, 0.1) is 5.41 Å². The maximum Gasteiger partial charge on any atom is 0.270 e. The smallest absolute Gasteiger partial charge is 0.270 e. The number of likely N-dealkylation sites (tertiary alicyclic amines) is 1. The van der Waals surface area contributed by atoms with Gasteiger partial charge in [0.1, 0.15) is 5.69 Å². The topological polar surface area (TPSA) is 54.3 Å². The summed E-state index contributed by atoms with van der Waals surface area (Å²) < 4.78 is 2.00. The highest BCUT2D eigenvalue weighted by atomic mass is 16.2. The van der Waals surface area contributed by atoms with Crippen LogP contribution < -0.4 is 5.32 Å². The molecule has 0 radical (unpaired) electrons. The van der Waals surface area contributed by atoms with Gasteiger partial charge in [-0.2, -0.15) is 0 Å². The molecule has 1 saturated heterocycles. The molecule has 5 nitrogen and oxygen atoms in total. The van der Waals surface area contributed by atoms with Crippen molar-refractivity contribution in [2.45, 2.75) is 44.6 Å². The third-order valence-electron chi connectivity index (χ3n) is 7.71. The molecule has 1 spiro atoms. The zero-order chi connectivity index (χ0) is 22.1. The third-order valence-corrected chi connectivity index (χ3v) is 7.71. The van der Waals surface area contributed by atoms with Crippen molar-refractivity contribution in [3.8, 4) is 0 Å². The molecule has 1 aliphatic carbocycles. The normalized spacial score (nSPS) is 19.7. The van der Waals surface area contributed by atoms with Gasteiger partial charge in [-0.15, -0.1) is 0 Å². The third kappa shape index (κ3) is 3.81. The Kier molecular flexibility index (Phi) is 5.50. The van der Waals surface area contributed by atoms with Crippen LogP contribution in [0.15, 0.2) is 60.7 Å². The first-order chi connectivity index (χ1) is 15.6. The van der Waals surface area contributed by atoms with E-state index in [1.807, 2.05) is 52.9 Å². The number of piperidine rings is 1. The number of fused-ring (bicyclic) bond motifs is 1. The number of rotatable bonds is 5. The van der Waals surface area contributed by atoms with Crippen LogP contribution in [0.25, 0.3) is 10.9 Å². The molecule has 5 heteroatoms. The molecule has 2 aliphatic rings. The summed E-state index contributed by atoms with van der Waals surface area (Å²) >= 11 is 0. The van der Waals surface area contributed by atoms with Gasteiger partial charge in [0.05, 0.1) is 0 Å². The quantitative estimate of drug-likeness (QED) is 0.657. The summed E-state index contributed by atoms with van der Waals surface area (Å²) in [5.41, 5.74) is 3.20. The van der Waals surface area contributed by atoms with E-state index < -0.39 is 0 Å². The van der Waals surface area contributed by atoms with E-state index in [1.165, 1.54) is 5.56 Å². The summed E-state index contributed by atoms with van der Waals surface area (Å²) in [5.74, 6) is 0.258. The number of amides is 2. The van der Waals surface area contributed by atoms with E-state index in [9.17, 15) is 9.59 Å². The first kappa shape index (κ1) is 20.8. The molecular weight excluding hydrogens is 398 g/mol. The second kappa shape index (κ2) is 8.45. The maximum absolute atomic E-state index is 13.2. The molecule has 3 aromatic rings. The standard InChI is InChI=1S/C27H31N3O2/c1-29-22-10-6-5-9-21(22)19-23(29)26(32)30-17-15-27(16-18-30)14-13-24(27)28-25(31)12-11-20-7-3-2-4-8-20/h2-10,19,24H,11-18H2,1H3,(H,28,31). The van der Waals surface area contributed by atoms with Gasteiger partial charge >= 0.3 is 0 Å². The number of hydrogen-bond donors (Lipinski definition) is 1. The number of aromatic nitrogens is 1. The summed E-state index contributed by atoms with van der Waals surface area (Å²) in [4.78, 5) is 27.8. The zero-order valence-corrected chi connectivity index (χ0v) is 18.7. The molecule has 1 unspecified atom stereocenters. The van der Waals surface area contributed by atoms with Crippen LogP contribution in [0.5, 0.6) is 0 Å². The minimum Gasteiger partial charge on any atom is -0.353 e. The fourth-order valence-corrected chi connectivity index (χ4v) is 5.50. The highest BCUT2D eigenvalue weighted by Gasteiger charge is 2.49. The Labute approximate surface area is 189 Å². The lowest BCUT2D eigenvalue weighted by Gasteiger charge is -2.54. The van der Waals surface area contributed by atoms with Gasteiger partial charge in [-0.1, -0.05) is 48.5 Å². The van der Waals surface area contributed by atoms with Crippen LogP contribution in [-0.2, 0) is 18.3 Å². The van der Waals surface area contributed by atoms with Crippen LogP contribution in [0.2, 0.25) is 0 Å². The molecule has 2 heterocycles. The average Bonchev–Trinajstić information content (AvgIpc) is 3.17. The number of hydrogen-bond acceptors (Lipinski definition) is 2. The fraction of sp³-hybridized carbons (Fsp3) is 0.407. The first-order valence-electron chi connectivity index (χ1n) is 11.7. The molecule has 2 amide bonds. The molecule has 1 atom stereocenters. The monoisotopic (exact) mass is 429 g/mol. The van der Waals surface area contributed by atoms with Gasteiger partial charge in [0.15, 0.2) is 0 Å². The van der Waals surface area contributed by atoms with Gasteiger partial charge in [0.25, 0.3) is 5.91 Å². The van der Waals surface area contributed by atoms with Gasteiger partial charge in [-0.25, -0.2) is 0 Å². The maximum atomic E-state index is 13.2. The summed E-state index contributed by atoms with van der Waals surface area (Å²) in [6.45, 7) is 1.52. The van der Waals surface area contributed by atoms with Crippen molar-refractivity contribution in [1.82, 2.24) is 14.8 Å². The highest BCUT2D eigenvalue weighted by Crippen LogP contribution is 2.49. The van der Waals surface area contributed by atoms with Crippen molar-refractivity contribution in [3.05, 3.63) is 71.9 Å². The predicted molar refractivity (Wildman–Crippen MR) is 126 cm³/mol. The number of benzene rings is 2. The molecule has 0 bridgehead atoms. The summed E-state index contributed by atoms with van der Waals surface area (Å²) in [6.07, 6.45) is 5.43. The molecule has 2 fully saturated rings. The first-order valence-corrected chi connectivity index (χ1v) is 11.7. The van der Waals surface area contributed by atoms with E-state index in [2.05, 4.69) is 29.6 Å². The van der Waals surface area contributed by atoms with Crippen LogP contribution in [-0.4, -0.2) is 40.4 Å². The Morgan fingerprint density at radius 2 is 1.72 bits per heavy atom. The van der Waals surface area contributed by atoms with E-state index >= 15 is 0 Å². The van der Waals surface area contributed by atoms with Crippen molar-refractivity contribution in [2.75, 3.05) is 13.1 Å². The molecular formula is C27H31N3O2. The number of nitrogens with zero attached hydrogens (tertiary/aromatic N) is 2. The lowest BCUT2D eigenvalue weighted by Crippen LogP contribution is -2.59. The van der Waals surface area contributed by atoms with Crippen molar-refractivity contribution < 1.29 is 9.59 Å². The highest BCUT2D eigenvalue weighted by molar-refractivity contribution is 5.98. The number of carbonyl (C=O) groups is 2. The van der Waals surface area contributed by atoms with E-state index in [0.29, 0.717) is 6.42 Å². The van der Waals surface area contributed by atoms with Gasteiger partial charge in [-0.05, 0) is 55.2 Å². The van der Waals surface area contributed by atoms with Crippen LogP contribution in [0.3, 0.4) is 0 Å². The second-order valence-corrected chi connectivity index (χ2v) is 9.45. The van der Waals surface area contributed by atoms with Gasteiger partial charge < -0.3 is 14.8 Å². The predicted octanol–water partition coefficient (Wildman–Crippen LogP) is 4.31. The molecule has 1 aliphatic heterocycles. The van der Waals surface area contributed by atoms with E-state index in [4.69, 9.17) is 0 Å². The average molecular weight is 430 g/mol. The molecule has 32 heavy (non-hydrogen) atoms. The largest absolute Gasteiger partial charge is 0.353 e. The second-order valence-electron chi connectivity index (χ2n) is 9.45. The minimum absolute atomic E-state index is 0.112. The van der Waals surface area contributed by atoms with Crippen LogP contribution in [0.4, 0.5) is 0 Å². The number of nitrogens with one attached hydrogen (secondary N) is 1. The Morgan fingerprint density at radius 1 is 1.00 bits per heavy atom. The molecule has 1 aromatic heterocycles. The van der Waals surface area contributed by atoms with Crippen LogP contribution in [0.1, 0.15) is 48.2 Å². The lowest BCUT2D eigenvalue weighted by molar-refractivity contribution is -0.125. The van der Waals surface area contributed by atoms with E-state index in [0.717, 1.165) is 61.8 Å². The summed E-state index contributed by atoms with van der Waals surface area (Å²) in [5, 5.41) is 4.40. The Balaban J connectivity index is 1.17. The van der Waals surface area contributed by atoms with E-state index in [1.54, 1.807) is 0 Å². The summed E-state index contributed by atoms with van der Waals surface area (Å²) in [7, 11) is 1.97. The van der Waals surface area contributed by atoms with Crippen molar-refractivity contribution >= 4 is 22.7 Å². The minimum atomic E-state index is 0.112. The summed E-state index contributed by atoms with van der Waals surface area (Å²) in [6, 6.07) is 20.5. The Hall–Kier alpha value is -3.08. The molecule has 1 N–H and O–H groups in total. The fourth-order valence-electron chi connectivity index (χ4n) is 5.50. The van der Waals surface area contributed by atoms with Crippen molar-refractivity contribution in [2.24, 2.45) is 12.5 Å². The molecule has 166 valence electrons. The van der Waals surface area contributed by atoms with Gasteiger partial charge in [0.2, 0.25) is 5.91 Å². The molecule has 5 rings (SSSR count). The SMILES string of the molecule is Cn1c(C(=O)N2CCC3(CCC3NC(=O)CCc3ccccc3)CC2)cc2ccccc21. The van der Waals surface area contributed by atoms with Gasteiger partial charge in [0, 0.05) is 43.5 Å². The van der Waals surface area contributed by atoms with Crippen molar-refractivity contribution in [3.63, 3.8) is 0 Å². The lowest BCUT2D eigenvalue weighted by atomic mass is 9.59. The zero-order valence-electron chi connectivity index (χ0n) is 18.7. The number of aryl methyl sites for hydroxylation is 2. The number of para-hydroxylation sites is 1. The molecule has 1 saturated carbocycles. The number of carbonyl (C=O) groups excluding carboxylic acids is 2. The van der Waals surface area contributed by atoms with E-state index in [-0.39, 0.29) is 23.3 Å². The van der Waals surface area contributed by atoms with Gasteiger partial charge in [-0.3, -0.25) is 9.59 Å². The Bertz CT molecular complexity index is 1130. The molecule has 2 aromatic carbocycles.